The zero-order chi connectivity index (χ0) is 50.0. The first-order chi connectivity index (χ1) is 32.0. The van der Waals surface area contributed by atoms with Gasteiger partial charge in [0.25, 0.3) is 0 Å². The predicted molar refractivity (Wildman–Crippen MR) is 263 cm³/mol. The van der Waals surface area contributed by atoms with Crippen LogP contribution in [-0.2, 0) is 46.6 Å². The van der Waals surface area contributed by atoms with E-state index >= 15 is 0 Å². The maximum absolute atomic E-state index is 13.0. The molecule has 0 heterocycles. The number of aliphatic hydroxyl groups excluding tert-OH is 2. The van der Waals surface area contributed by atoms with Gasteiger partial charge in [-0.25, -0.2) is 9.13 Å². The van der Waals surface area contributed by atoms with Crippen molar-refractivity contribution in [2.24, 2.45) is 5.73 Å². The monoisotopic (exact) mass is 1010 g/mol. The summed E-state index contributed by atoms with van der Waals surface area (Å²) in [5, 5.41) is 29.2. The number of carbonyl (C=O) groups excluding carboxylic acids is 2. The highest BCUT2D eigenvalue weighted by Gasteiger charge is 2.29. The van der Waals surface area contributed by atoms with Crippen LogP contribution in [0.5, 0.6) is 0 Å². The van der Waals surface area contributed by atoms with E-state index in [4.69, 9.17) is 34.6 Å². The molecule has 0 saturated carbocycles. The van der Waals surface area contributed by atoms with Crippen LogP contribution in [0.1, 0.15) is 155 Å². The molecule has 17 nitrogen and oxygen atoms in total. The third-order valence-electron chi connectivity index (χ3n) is 9.87. The first-order valence-corrected chi connectivity index (χ1v) is 28.0. The number of aliphatic carboxylic acids is 1. The molecule has 20 heteroatoms. The molecule has 0 amide bonds. The molecule has 0 aliphatic rings. The molecule has 0 aliphatic heterocycles. The third-order valence-corrected chi connectivity index (χ3v) is 12.7. The number of hydrogen-bond donors (Lipinski definition) is 7. The van der Waals surface area contributed by atoms with Crippen molar-refractivity contribution in [3.05, 3.63) is 60.8 Å². The smallest absolute Gasteiger partial charge is 0.472 e. The number of carbonyl (C=O) groups is 3. The first-order valence-electron chi connectivity index (χ1n) is 23.9. The fraction of sp³-hybridized carbons (Fsp3) is 0.723. The average Bonchev–Trinajstić information content (AvgIpc) is 3.27. The molecule has 0 aromatic carbocycles. The van der Waals surface area contributed by atoms with Crippen molar-refractivity contribution >= 4 is 45.3 Å². The van der Waals surface area contributed by atoms with Crippen molar-refractivity contribution in [3.63, 3.8) is 0 Å². The second kappa shape index (κ2) is 42.4. The topological polar surface area (TPSA) is 279 Å². The number of carboxylic acids is 1. The molecule has 0 saturated heterocycles. The van der Waals surface area contributed by atoms with E-state index in [1.807, 2.05) is 18.2 Å². The number of hydrogen-bond acceptors (Lipinski definition) is 14. The van der Waals surface area contributed by atoms with E-state index in [1.54, 1.807) is 18.2 Å². The lowest BCUT2D eigenvalue weighted by atomic mass is 10.1. The van der Waals surface area contributed by atoms with E-state index in [0.29, 0.717) is 6.42 Å². The van der Waals surface area contributed by atoms with Crippen LogP contribution in [0.4, 0.5) is 0 Å². The van der Waals surface area contributed by atoms with E-state index in [0.717, 1.165) is 63.1 Å². The Balaban J connectivity index is 5.35. The molecule has 0 rings (SSSR count). The maximum atomic E-state index is 13.0. The van der Waals surface area contributed by atoms with Gasteiger partial charge in [-0.3, -0.25) is 28.0 Å². The molecule has 0 bridgehead atoms. The number of unbranched alkanes of at least 4 members (excludes halogenated alkanes) is 14. The Morgan fingerprint density at radius 3 is 1.84 bits per heavy atom. The zero-order valence-corrected chi connectivity index (χ0v) is 42.5. The van der Waals surface area contributed by atoms with Crippen molar-refractivity contribution < 1.29 is 76.6 Å². The van der Waals surface area contributed by atoms with Crippen LogP contribution >= 0.6 is 27.4 Å². The van der Waals surface area contributed by atoms with Gasteiger partial charge in [-0.2, -0.15) is 0 Å². The number of allylic oxidation sites excluding steroid dienone is 9. The number of rotatable bonds is 45. The van der Waals surface area contributed by atoms with Gasteiger partial charge >= 0.3 is 33.6 Å². The summed E-state index contributed by atoms with van der Waals surface area (Å²) >= 11 is 1.16. The van der Waals surface area contributed by atoms with Crippen molar-refractivity contribution in [2.75, 3.05) is 32.2 Å². The van der Waals surface area contributed by atoms with Crippen LogP contribution in [0.3, 0.4) is 0 Å². The van der Waals surface area contributed by atoms with Crippen molar-refractivity contribution in [1.82, 2.24) is 0 Å². The van der Waals surface area contributed by atoms with Crippen molar-refractivity contribution in [3.8, 4) is 0 Å². The molecule has 0 spiro atoms. The molecule has 6 atom stereocenters. The number of carboxylic acid groups (broad SMARTS) is 1. The highest BCUT2D eigenvalue weighted by atomic mass is 32.2. The number of thioether (sulfide) groups is 1. The lowest BCUT2D eigenvalue weighted by Gasteiger charge is -2.22. The number of esters is 2. The largest absolute Gasteiger partial charge is 0.481 e. The normalized spacial score (nSPS) is 15.7. The Kier molecular flexibility index (Phi) is 40.9. The summed E-state index contributed by atoms with van der Waals surface area (Å²) in [5.74, 6) is -2.59. The summed E-state index contributed by atoms with van der Waals surface area (Å²) in [6.07, 6.45) is 35.4. The second-order valence-corrected chi connectivity index (χ2v) is 20.1. The van der Waals surface area contributed by atoms with Gasteiger partial charge in [-0.05, 0) is 64.2 Å². The summed E-state index contributed by atoms with van der Waals surface area (Å²) in [4.78, 5) is 64.7. The predicted octanol–water partition coefficient (Wildman–Crippen LogP) is 9.32. The Morgan fingerprint density at radius 2 is 1.19 bits per heavy atom. The third kappa shape index (κ3) is 43.3. The molecule has 0 aliphatic carbocycles. The highest BCUT2D eigenvalue weighted by molar-refractivity contribution is 8.00. The number of nitrogens with two attached hydrogens (primary N) is 1. The molecule has 388 valence electrons. The van der Waals surface area contributed by atoms with E-state index < -0.39 is 89.6 Å². The fourth-order valence-electron chi connectivity index (χ4n) is 6.08. The second-order valence-electron chi connectivity index (χ2n) is 16.2. The number of ether oxygens (including phenoxy) is 2. The first kappa shape index (κ1) is 64.6. The summed E-state index contributed by atoms with van der Waals surface area (Å²) in [6, 6.07) is -1.22. The van der Waals surface area contributed by atoms with Crippen LogP contribution in [0.15, 0.2) is 60.8 Å². The summed E-state index contributed by atoms with van der Waals surface area (Å²) in [5.41, 5.74) is 6.16. The average molecular weight is 1010 g/mol. The highest BCUT2D eigenvalue weighted by Crippen LogP contribution is 2.44. The lowest BCUT2D eigenvalue weighted by molar-refractivity contribution is -0.161. The van der Waals surface area contributed by atoms with E-state index in [-0.39, 0.29) is 31.4 Å². The molecule has 8 N–H and O–H groups in total. The minimum atomic E-state index is -4.95. The zero-order valence-electron chi connectivity index (χ0n) is 39.9. The van der Waals surface area contributed by atoms with Crippen LogP contribution in [-0.4, -0.2) is 110 Å². The quantitative estimate of drug-likeness (QED) is 0.00983. The Hall–Kier alpha value is -2.44. The van der Waals surface area contributed by atoms with Gasteiger partial charge in [0.05, 0.1) is 25.9 Å². The van der Waals surface area contributed by atoms with Gasteiger partial charge in [0.15, 0.2) is 6.10 Å². The molecule has 67 heavy (non-hydrogen) atoms. The summed E-state index contributed by atoms with van der Waals surface area (Å²) in [7, 11) is -9.87. The molecule has 0 fully saturated rings. The minimum Gasteiger partial charge on any atom is -0.481 e. The van der Waals surface area contributed by atoms with Gasteiger partial charge in [0.2, 0.25) is 0 Å². The summed E-state index contributed by atoms with van der Waals surface area (Å²) in [6.45, 7) is 1.15. The molecular weight excluding hydrogens is 929 g/mol. The van der Waals surface area contributed by atoms with Gasteiger partial charge < -0.3 is 45.2 Å². The van der Waals surface area contributed by atoms with E-state index in [2.05, 4.69) is 47.2 Å². The lowest BCUT2D eigenvalue weighted by Crippen LogP contribution is -2.38. The van der Waals surface area contributed by atoms with Crippen molar-refractivity contribution in [2.45, 2.75) is 185 Å². The van der Waals surface area contributed by atoms with Crippen LogP contribution in [0, 0.1) is 0 Å². The van der Waals surface area contributed by atoms with Gasteiger partial charge in [-0.1, -0.05) is 139 Å². The minimum absolute atomic E-state index is 0.0174. The molecule has 0 radical (unpaired) electrons. The van der Waals surface area contributed by atoms with Gasteiger partial charge in [0, 0.05) is 23.8 Å². The number of phosphoric ester groups is 2. The summed E-state index contributed by atoms with van der Waals surface area (Å²) < 4.78 is 48.0. The maximum Gasteiger partial charge on any atom is 0.472 e. The Morgan fingerprint density at radius 1 is 0.642 bits per heavy atom. The van der Waals surface area contributed by atoms with Crippen LogP contribution in [0.25, 0.3) is 0 Å². The van der Waals surface area contributed by atoms with Crippen LogP contribution < -0.4 is 5.73 Å². The SMILES string of the molecule is CCCCC/C=C\C\C=C/C=C/C=C/[C@@H](SC[C@H](N)C(=O)OC[C@H](COP(=O)(O)OC[C@@H](O)COP(=O)(O)O)OC(=O)CCCCCCC/C=C\CCCCCCCC)[C@@H](O)CCCC(=O)O. The molecule has 0 aromatic rings. The van der Waals surface area contributed by atoms with Crippen LogP contribution in [0.2, 0.25) is 0 Å². The van der Waals surface area contributed by atoms with E-state index in [9.17, 15) is 38.6 Å². The van der Waals surface area contributed by atoms with Gasteiger partial charge in [0.1, 0.15) is 18.8 Å². The molecule has 1 unspecified atom stereocenters. The fourth-order valence-corrected chi connectivity index (χ4v) is 8.36. The standard InChI is InChI=1S/C47H83NO16P2S/c1-3-5-7-9-11-13-15-17-18-19-21-23-25-27-29-34-46(53)64-41(38-63-66(58,59)62-36-40(49)35-61-65(55,56)57)37-60-47(54)42(48)39-67-44(43(50)31-30-33-45(51)52)32-28-26-24-22-20-16-14-12-10-8-6-4-2/h12,14,17-18,20,22,24,26,28,32,40-44,49-50H,3-11,13,15-16,19,21,23,25,27,29-31,33-39,48H2,1-2H3,(H,51,52)(H,58,59)(H2,55,56,57)/b14-12-,18-17-,22-20-,26-24+,32-28+/t40-,41+,42-,43-,44+/m0/s1. The Bertz CT molecular complexity index is 1540. The molecular formula is C47H83NO16P2S. The van der Waals surface area contributed by atoms with E-state index in [1.165, 1.54) is 57.8 Å². The number of phosphoric acid groups is 2. The molecule has 0 aromatic heterocycles. The Labute approximate surface area is 403 Å². The van der Waals surface area contributed by atoms with Crippen molar-refractivity contribution in [1.29, 1.82) is 0 Å². The van der Waals surface area contributed by atoms with Gasteiger partial charge in [-0.15, -0.1) is 11.8 Å². The number of aliphatic hydroxyl groups is 2.